The second-order valence-corrected chi connectivity index (χ2v) is 11.4. The van der Waals surface area contributed by atoms with Gasteiger partial charge in [-0.1, -0.05) is 60.3 Å². The van der Waals surface area contributed by atoms with E-state index < -0.39 is 0 Å². The van der Waals surface area contributed by atoms with Crippen LogP contribution < -0.4 is 9.47 Å². The molecule has 0 radical (unpaired) electrons. The van der Waals surface area contributed by atoms with Crippen molar-refractivity contribution in [1.82, 2.24) is 24.5 Å². The van der Waals surface area contributed by atoms with Gasteiger partial charge in [0.1, 0.15) is 0 Å². The van der Waals surface area contributed by atoms with Crippen LogP contribution in [0.5, 0.6) is 23.0 Å². The van der Waals surface area contributed by atoms with Gasteiger partial charge < -0.3 is 24.0 Å². The summed E-state index contributed by atoms with van der Waals surface area (Å²) < 4.78 is 14.6. The molecule has 0 N–H and O–H groups in total. The second kappa shape index (κ2) is 15.9. The zero-order chi connectivity index (χ0) is 33.2. The predicted molar refractivity (Wildman–Crippen MR) is 190 cm³/mol. The molecule has 0 saturated heterocycles. The monoisotopic (exact) mass is 847 g/mol. The Morgan fingerprint density at radius 1 is 0.510 bits per heavy atom. The number of fused-ring (bicyclic) bond motifs is 3. The van der Waals surface area contributed by atoms with Crippen molar-refractivity contribution in [2.24, 2.45) is 0 Å². The fraction of sp³-hybridized carbons (Fsp3) is 0.0952. The van der Waals surface area contributed by atoms with Crippen LogP contribution in [0.4, 0.5) is 0 Å². The van der Waals surface area contributed by atoms with E-state index in [1.807, 2.05) is 89.8 Å². The SMILES string of the molecule is CCc1ccnc(-c2[c-]c(Oc3[c-]c4c(cc3)c3ccc(Oc5[c-]c(-c6cc(CC)ccn6)ccc5)[c-]c3n4-c3ncccn3)ccc2)c1.[Pd+2].[Pd+2]. The third-order valence-corrected chi connectivity index (χ3v) is 8.28. The van der Waals surface area contributed by atoms with E-state index in [-0.39, 0.29) is 40.8 Å². The molecule has 4 aromatic heterocycles. The molecule has 254 valence electrons. The first-order valence-corrected chi connectivity index (χ1v) is 16.2. The van der Waals surface area contributed by atoms with Crippen LogP contribution in [0, 0.1) is 24.3 Å². The average Bonchev–Trinajstić information content (AvgIpc) is 3.48. The Balaban J connectivity index is 0.00000224. The number of aromatic nitrogens is 5. The minimum absolute atomic E-state index is 0. The Kier molecular flexibility index (Phi) is 11.2. The van der Waals surface area contributed by atoms with E-state index in [1.54, 1.807) is 18.5 Å². The maximum absolute atomic E-state index is 6.32. The number of hydrogen-bond acceptors (Lipinski definition) is 6. The molecule has 8 rings (SSSR count). The minimum Gasteiger partial charge on any atom is -0.503 e. The smallest absolute Gasteiger partial charge is 0.503 e. The summed E-state index contributed by atoms with van der Waals surface area (Å²) in [7, 11) is 0. The molecule has 0 amide bonds. The summed E-state index contributed by atoms with van der Waals surface area (Å²) in [5, 5.41) is 1.90. The van der Waals surface area contributed by atoms with E-state index in [4.69, 9.17) is 9.47 Å². The summed E-state index contributed by atoms with van der Waals surface area (Å²) in [5.41, 5.74) is 7.34. The van der Waals surface area contributed by atoms with Crippen LogP contribution in [-0.4, -0.2) is 24.5 Å². The Labute approximate surface area is 324 Å². The maximum atomic E-state index is 6.32. The molecule has 0 unspecified atom stereocenters. The van der Waals surface area contributed by atoms with Crippen molar-refractivity contribution in [2.45, 2.75) is 26.7 Å². The maximum Gasteiger partial charge on any atom is 2.00 e. The number of rotatable bonds is 9. The van der Waals surface area contributed by atoms with E-state index in [2.05, 4.69) is 70.2 Å². The van der Waals surface area contributed by atoms with Crippen molar-refractivity contribution in [1.29, 1.82) is 0 Å². The molecule has 0 spiro atoms. The van der Waals surface area contributed by atoms with Crippen LogP contribution in [0.25, 0.3) is 50.3 Å². The van der Waals surface area contributed by atoms with Crippen LogP contribution in [0.15, 0.2) is 116 Å². The van der Waals surface area contributed by atoms with Crippen LogP contribution >= 0.6 is 0 Å². The van der Waals surface area contributed by atoms with Gasteiger partial charge >= 0.3 is 40.8 Å². The molecule has 4 aromatic carbocycles. The number of ether oxygens (including phenoxy) is 2. The van der Waals surface area contributed by atoms with Gasteiger partial charge in [0.15, 0.2) is 0 Å². The van der Waals surface area contributed by atoms with Gasteiger partial charge in [-0.05, 0) is 42.4 Å². The molecule has 9 heteroatoms. The first-order valence-electron chi connectivity index (χ1n) is 16.2. The third kappa shape index (κ3) is 7.54. The van der Waals surface area contributed by atoms with Crippen molar-refractivity contribution >= 4 is 21.8 Å². The van der Waals surface area contributed by atoms with Crippen molar-refractivity contribution < 1.29 is 50.3 Å². The van der Waals surface area contributed by atoms with Gasteiger partial charge in [0, 0.05) is 47.8 Å². The molecule has 0 atom stereocenters. The van der Waals surface area contributed by atoms with E-state index >= 15 is 0 Å². The fourth-order valence-electron chi connectivity index (χ4n) is 5.79. The van der Waals surface area contributed by atoms with Gasteiger partial charge in [-0.3, -0.25) is 0 Å². The molecule has 8 aromatic rings. The third-order valence-electron chi connectivity index (χ3n) is 8.28. The van der Waals surface area contributed by atoms with Gasteiger partial charge in [-0.15, -0.1) is 71.8 Å². The molecular weight excluding hydrogens is 819 g/mol. The summed E-state index contributed by atoms with van der Waals surface area (Å²) in [5.74, 6) is 2.66. The number of benzene rings is 4. The number of aryl methyl sites for hydroxylation is 2. The molecular formula is C42H29N5O2Pd2. The van der Waals surface area contributed by atoms with Crippen molar-refractivity contribution in [2.75, 3.05) is 0 Å². The largest absolute Gasteiger partial charge is 2.00 e. The van der Waals surface area contributed by atoms with Crippen LogP contribution in [0.1, 0.15) is 25.0 Å². The van der Waals surface area contributed by atoms with E-state index in [1.165, 1.54) is 11.1 Å². The van der Waals surface area contributed by atoms with Gasteiger partial charge in [0.25, 0.3) is 0 Å². The van der Waals surface area contributed by atoms with E-state index in [0.29, 0.717) is 28.9 Å². The van der Waals surface area contributed by atoms with Gasteiger partial charge in [-0.2, -0.15) is 22.9 Å². The van der Waals surface area contributed by atoms with Gasteiger partial charge in [-0.25, -0.2) is 9.97 Å². The molecule has 0 bridgehead atoms. The predicted octanol–water partition coefficient (Wildman–Crippen LogP) is 9.60. The molecule has 51 heavy (non-hydrogen) atoms. The van der Waals surface area contributed by atoms with Crippen molar-refractivity contribution in [3.8, 4) is 51.5 Å². The molecule has 0 aliphatic heterocycles. The van der Waals surface area contributed by atoms with Crippen LogP contribution in [0.2, 0.25) is 0 Å². The summed E-state index contributed by atoms with van der Waals surface area (Å²) in [6, 6.07) is 43.1. The number of nitrogens with zero attached hydrogens (tertiary/aromatic N) is 5. The van der Waals surface area contributed by atoms with Gasteiger partial charge in [0.2, 0.25) is 5.95 Å². The molecule has 0 saturated carbocycles. The van der Waals surface area contributed by atoms with E-state index in [9.17, 15) is 0 Å². The van der Waals surface area contributed by atoms with Crippen LogP contribution in [-0.2, 0) is 53.7 Å². The van der Waals surface area contributed by atoms with Gasteiger partial charge in [0.05, 0.1) is 0 Å². The summed E-state index contributed by atoms with van der Waals surface area (Å²) in [4.78, 5) is 18.2. The molecule has 7 nitrogen and oxygen atoms in total. The van der Waals surface area contributed by atoms with Crippen molar-refractivity contribution in [3.63, 3.8) is 0 Å². The van der Waals surface area contributed by atoms with Crippen molar-refractivity contribution in [3.05, 3.63) is 151 Å². The quantitative estimate of drug-likeness (QED) is 0.107. The molecule has 0 aliphatic carbocycles. The molecule has 4 heterocycles. The Hall–Kier alpha value is -5.02. The first kappa shape index (κ1) is 35.8. The fourth-order valence-corrected chi connectivity index (χ4v) is 5.79. The molecule has 0 fully saturated rings. The molecule has 0 aliphatic rings. The minimum atomic E-state index is 0. The second-order valence-electron chi connectivity index (χ2n) is 11.4. The Morgan fingerprint density at radius 2 is 0.980 bits per heavy atom. The van der Waals surface area contributed by atoms with Crippen LogP contribution in [0.3, 0.4) is 0 Å². The zero-order valence-corrected chi connectivity index (χ0v) is 30.7. The number of pyridine rings is 2. The summed E-state index contributed by atoms with van der Waals surface area (Å²) in [6.45, 7) is 4.26. The Morgan fingerprint density at radius 3 is 1.45 bits per heavy atom. The van der Waals surface area contributed by atoms with E-state index in [0.717, 1.165) is 57.2 Å². The first-order chi connectivity index (χ1) is 24.1. The average molecular weight is 849 g/mol. The summed E-state index contributed by atoms with van der Waals surface area (Å²) >= 11 is 0. The normalized spacial score (nSPS) is 10.8. The number of hydrogen-bond donors (Lipinski definition) is 0. The summed E-state index contributed by atoms with van der Waals surface area (Å²) in [6.07, 6.45) is 8.95. The zero-order valence-electron chi connectivity index (χ0n) is 27.6. The topological polar surface area (TPSA) is 75.0 Å². The Bertz CT molecular complexity index is 2300. The standard InChI is InChI=1S/C42H29N5O2.2Pd/c1-3-28-16-20-43-38(22-28)30-8-5-10-32(24-30)48-34-12-14-36-37-15-13-35(27-41(37)47(40(36)26-34)42-45-18-7-19-46-42)49-33-11-6-9-31(25-33)39-23-29(4-2)17-21-44-39;;/h5-23H,3-4H2,1-2H3;;/q-4;2*+2.